The van der Waals surface area contributed by atoms with Crippen LogP contribution >= 0.6 is 0 Å². The maximum atomic E-state index is 10.4. The van der Waals surface area contributed by atoms with Gasteiger partial charge in [0.25, 0.3) is 0 Å². The van der Waals surface area contributed by atoms with Crippen LogP contribution in [0.5, 0.6) is 0 Å². The summed E-state index contributed by atoms with van der Waals surface area (Å²) in [4.78, 5) is 10.4. The van der Waals surface area contributed by atoms with E-state index in [4.69, 9.17) is 11.0 Å². The predicted molar refractivity (Wildman–Crippen MR) is 40.3 cm³/mol. The molecular formula is C8H12N2O. The highest BCUT2D eigenvalue weighted by Gasteiger charge is 2.30. The Bertz CT molecular complexity index is 191. The lowest BCUT2D eigenvalue weighted by molar-refractivity contribution is -0.118. The third kappa shape index (κ3) is 2.58. The van der Waals surface area contributed by atoms with Crippen molar-refractivity contribution in [2.45, 2.75) is 25.7 Å². The minimum atomic E-state index is -0.300. The summed E-state index contributed by atoms with van der Waals surface area (Å²) in [5.74, 6) is 0.327. The predicted octanol–water partition coefficient (Wildman–Crippen LogP) is 0.802. The number of primary amides is 1. The molecule has 1 fully saturated rings. The highest BCUT2D eigenvalue weighted by atomic mass is 16.1. The lowest BCUT2D eigenvalue weighted by atomic mass is 10.00. The van der Waals surface area contributed by atoms with Gasteiger partial charge in [-0.05, 0) is 25.2 Å². The maximum absolute atomic E-state index is 10.4. The van der Waals surface area contributed by atoms with Crippen molar-refractivity contribution in [3.8, 4) is 6.07 Å². The molecule has 0 bridgehead atoms. The normalized spacial score (nSPS) is 18.8. The summed E-state index contributed by atoms with van der Waals surface area (Å²) in [6.07, 6.45) is 3.30. The largest absolute Gasteiger partial charge is 0.370 e. The van der Waals surface area contributed by atoms with E-state index in [0.29, 0.717) is 18.8 Å². The molecule has 0 radical (unpaired) electrons. The Morgan fingerprint density at radius 2 is 2.36 bits per heavy atom. The van der Waals surface area contributed by atoms with E-state index < -0.39 is 0 Å². The molecule has 3 nitrogen and oxygen atoms in total. The van der Waals surface area contributed by atoms with E-state index in [1.54, 1.807) is 0 Å². The van der Waals surface area contributed by atoms with E-state index in [-0.39, 0.29) is 11.8 Å². The van der Waals surface area contributed by atoms with Gasteiger partial charge in [-0.2, -0.15) is 5.26 Å². The van der Waals surface area contributed by atoms with Crippen LogP contribution in [0, 0.1) is 23.2 Å². The van der Waals surface area contributed by atoms with Crippen molar-refractivity contribution in [1.82, 2.24) is 0 Å². The molecule has 0 aliphatic heterocycles. The van der Waals surface area contributed by atoms with Gasteiger partial charge in [0.2, 0.25) is 5.91 Å². The molecule has 60 valence electrons. The molecule has 1 aliphatic carbocycles. The third-order valence-electron chi connectivity index (χ3n) is 2.06. The monoisotopic (exact) mass is 152 g/mol. The van der Waals surface area contributed by atoms with Crippen LogP contribution in [0.2, 0.25) is 0 Å². The van der Waals surface area contributed by atoms with Crippen molar-refractivity contribution >= 4 is 5.91 Å². The zero-order chi connectivity index (χ0) is 8.27. The second kappa shape index (κ2) is 3.38. The van der Waals surface area contributed by atoms with Gasteiger partial charge in [-0.1, -0.05) is 0 Å². The molecule has 3 heteroatoms. The minimum Gasteiger partial charge on any atom is -0.370 e. The molecule has 1 atom stereocenters. The molecule has 1 unspecified atom stereocenters. The summed E-state index contributed by atoms with van der Waals surface area (Å²) in [5.41, 5.74) is 4.97. The number of amides is 1. The Morgan fingerprint density at radius 3 is 2.73 bits per heavy atom. The van der Waals surface area contributed by atoms with Gasteiger partial charge in [-0.15, -0.1) is 0 Å². The first-order valence-electron chi connectivity index (χ1n) is 3.92. The van der Waals surface area contributed by atoms with E-state index in [9.17, 15) is 4.79 Å². The fraction of sp³-hybridized carbons (Fsp3) is 0.750. The maximum Gasteiger partial charge on any atom is 0.217 e. The molecule has 0 aromatic rings. The summed E-state index contributed by atoms with van der Waals surface area (Å²) in [6, 6.07) is 2.21. The number of nitrogens with zero attached hydrogens (tertiary/aromatic N) is 1. The van der Waals surface area contributed by atoms with Crippen LogP contribution < -0.4 is 5.73 Å². The molecule has 1 amide bonds. The van der Waals surface area contributed by atoms with E-state index >= 15 is 0 Å². The standard InChI is InChI=1S/C8H12N2O/c9-5-7(6-1-2-6)3-4-8(10)11/h6-7H,1-4H2,(H2,10,11). The molecule has 0 spiro atoms. The van der Waals surface area contributed by atoms with Gasteiger partial charge in [-0.3, -0.25) is 4.79 Å². The SMILES string of the molecule is N#CC(CCC(N)=O)C1CC1. The molecule has 0 aromatic carbocycles. The number of nitrogens with two attached hydrogens (primary N) is 1. The molecule has 11 heavy (non-hydrogen) atoms. The van der Waals surface area contributed by atoms with Crippen molar-refractivity contribution in [3.63, 3.8) is 0 Å². The van der Waals surface area contributed by atoms with Crippen LogP contribution in [0.1, 0.15) is 25.7 Å². The summed E-state index contributed by atoms with van der Waals surface area (Å²) >= 11 is 0. The quantitative estimate of drug-likeness (QED) is 0.647. The Balaban J connectivity index is 2.22. The first-order chi connectivity index (χ1) is 5.24. The Kier molecular flexibility index (Phi) is 2.48. The first-order valence-corrected chi connectivity index (χ1v) is 3.92. The van der Waals surface area contributed by atoms with Gasteiger partial charge >= 0.3 is 0 Å². The average Bonchev–Trinajstić information content (AvgIpc) is 2.72. The number of carbonyl (C=O) groups excluding carboxylic acids is 1. The van der Waals surface area contributed by atoms with Crippen molar-refractivity contribution in [2.24, 2.45) is 17.6 Å². The van der Waals surface area contributed by atoms with Gasteiger partial charge in [0.1, 0.15) is 0 Å². The molecule has 0 aromatic heterocycles. The first kappa shape index (κ1) is 8.06. The molecular weight excluding hydrogens is 140 g/mol. The number of rotatable bonds is 4. The second-order valence-corrected chi connectivity index (χ2v) is 3.08. The highest BCUT2D eigenvalue weighted by molar-refractivity contribution is 5.73. The Hall–Kier alpha value is -1.04. The van der Waals surface area contributed by atoms with E-state index in [1.165, 1.54) is 0 Å². The van der Waals surface area contributed by atoms with Crippen molar-refractivity contribution in [2.75, 3.05) is 0 Å². The fourth-order valence-electron chi connectivity index (χ4n) is 1.20. The summed E-state index contributed by atoms with van der Waals surface area (Å²) < 4.78 is 0. The van der Waals surface area contributed by atoms with Crippen molar-refractivity contribution in [3.05, 3.63) is 0 Å². The molecule has 0 saturated heterocycles. The van der Waals surface area contributed by atoms with Crippen LogP contribution in [-0.4, -0.2) is 5.91 Å². The van der Waals surface area contributed by atoms with Crippen LogP contribution in [0.4, 0.5) is 0 Å². The van der Waals surface area contributed by atoms with Gasteiger partial charge in [0, 0.05) is 12.3 Å². The number of hydrogen-bond acceptors (Lipinski definition) is 2. The minimum absolute atomic E-state index is 0.0718. The van der Waals surface area contributed by atoms with Crippen LogP contribution in [0.3, 0.4) is 0 Å². The van der Waals surface area contributed by atoms with Crippen LogP contribution in [0.25, 0.3) is 0 Å². The lowest BCUT2D eigenvalue weighted by Gasteiger charge is -2.03. The molecule has 1 aliphatic rings. The number of carbonyl (C=O) groups is 1. The van der Waals surface area contributed by atoms with E-state index in [1.807, 2.05) is 0 Å². The zero-order valence-corrected chi connectivity index (χ0v) is 6.42. The number of hydrogen-bond donors (Lipinski definition) is 1. The summed E-state index contributed by atoms with van der Waals surface area (Å²) in [7, 11) is 0. The van der Waals surface area contributed by atoms with Gasteiger partial charge in [-0.25, -0.2) is 0 Å². The molecule has 0 heterocycles. The van der Waals surface area contributed by atoms with E-state index in [2.05, 4.69) is 6.07 Å². The topological polar surface area (TPSA) is 66.9 Å². The van der Waals surface area contributed by atoms with Crippen LogP contribution in [-0.2, 0) is 4.79 Å². The summed E-state index contributed by atoms with van der Waals surface area (Å²) in [6.45, 7) is 0. The highest BCUT2D eigenvalue weighted by Crippen LogP contribution is 2.38. The third-order valence-corrected chi connectivity index (χ3v) is 2.06. The lowest BCUT2D eigenvalue weighted by Crippen LogP contribution is -2.12. The second-order valence-electron chi connectivity index (χ2n) is 3.08. The van der Waals surface area contributed by atoms with Gasteiger partial charge < -0.3 is 5.73 Å². The van der Waals surface area contributed by atoms with E-state index in [0.717, 1.165) is 12.8 Å². The Labute approximate surface area is 66.2 Å². The fourth-order valence-corrected chi connectivity index (χ4v) is 1.20. The van der Waals surface area contributed by atoms with Crippen molar-refractivity contribution in [1.29, 1.82) is 5.26 Å². The molecule has 1 saturated carbocycles. The zero-order valence-electron chi connectivity index (χ0n) is 6.42. The van der Waals surface area contributed by atoms with Crippen molar-refractivity contribution < 1.29 is 4.79 Å². The smallest absolute Gasteiger partial charge is 0.217 e. The van der Waals surface area contributed by atoms with Gasteiger partial charge in [0.05, 0.1) is 6.07 Å². The molecule has 1 rings (SSSR count). The number of nitriles is 1. The Morgan fingerprint density at radius 1 is 1.73 bits per heavy atom. The van der Waals surface area contributed by atoms with Gasteiger partial charge in [0.15, 0.2) is 0 Å². The summed E-state index contributed by atoms with van der Waals surface area (Å²) in [5, 5.41) is 8.65. The average molecular weight is 152 g/mol. The van der Waals surface area contributed by atoms with Crippen LogP contribution in [0.15, 0.2) is 0 Å². The molecule has 2 N–H and O–H groups in total.